The second-order valence-electron chi connectivity index (χ2n) is 9.14. The predicted octanol–water partition coefficient (Wildman–Crippen LogP) is 5.84. The van der Waals surface area contributed by atoms with Crippen molar-refractivity contribution in [2.45, 2.75) is 62.9 Å². The Hall–Kier alpha value is -1.95. The molecule has 12 heteroatoms. The molecule has 1 aliphatic rings. The lowest BCUT2D eigenvalue weighted by Crippen LogP contribution is -2.51. The third-order valence-corrected chi connectivity index (χ3v) is 7.35. The molecule has 2 heterocycles. The topological polar surface area (TPSA) is 96.8 Å². The predicted molar refractivity (Wildman–Crippen MR) is 152 cm³/mol. The van der Waals surface area contributed by atoms with E-state index >= 15 is 0 Å². The number of aryl methyl sites for hydroxylation is 1. The monoisotopic (exact) mass is 586 g/mol. The number of rotatable bonds is 17. The molecule has 0 saturated carbocycles. The summed E-state index contributed by atoms with van der Waals surface area (Å²) in [5.74, 6) is 0.584. The van der Waals surface area contributed by atoms with E-state index in [4.69, 9.17) is 37.4 Å². The van der Waals surface area contributed by atoms with Crippen LogP contribution in [-0.2, 0) is 16.0 Å². The van der Waals surface area contributed by atoms with Crippen molar-refractivity contribution in [3.05, 3.63) is 47.1 Å². The third-order valence-electron chi connectivity index (χ3n) is 5.98. The maximum Gasteiger partial charge on any atom is 0.348 e. The van der Waals surface area contributed by atoms with E-state index in [-0.39, 0.29) is 31.5 Å². The highest BCUT2D eigenvalue weighted by Gasteiger charge is 2.46. The van der Waals surface area contributed by atoms with Gasteiger partial charge in [0.1, 0.15) is 28.0 Å². The van der Waals surface area contributed by atoms with Crippen molar-refractivity contribution < 1.29 is 19.0 Å². The molecule has 0 aliphatic carbocycles. The third kappa shape index (κ3) is 9.36. The van der Waals surface area contributed by atoms with E-state index in [9.17, 15) is 10.0 Å². The Morgan fingerprint density at radius 3 is 2.63 bits per heavy atom. The van der Waals surface area contributed by atoms with Gasteiger partial charge in [0.25, 0.3) is 6.23 Å². The quantitative estimate of drug-likeness (QED) is 0.0569. The number of ether oxygens (including phenoxy) is 3. The second kappa shape index (κ2) is 15.6. The summed E-state index contributed by atoms with van der Waals surface area (Å²) in [5, 5.41) is 23.2. The number of hydroxylamine groups is 2. The number of carbonyl (C=O) groups excluding carboxylic acids is 1. The van der Waals surface area contributed by atoms with E-state index in [0.717, 1.165) is 36.4 Å². The van der Waals surface area contributed by atoms with E-state index in [1.807, 2.05) is 6.08 Å². The van der Waals surface area contributed by atoms with Crippen LogP contribution >= 0.6 is 34.5 Å². The fourth-order valence-electron chi connectivity index (χ4n) is 4.01. The second-order valence-corrected chi connectivity index (χ2v) is 11.5. The lowest BCUT2D eigenvalue weighted by molar-refractivity contribution is -0.155. The number of nitrogens with zero attached hydrogens (tertiary/aromatic N) is 4. The normalized spacial score (nSPS) is 19.6. The molecule has 38 heavy (non-hydrogen) atoms. The minimum absolute atomic E-state index is 0.00403. The van der Waals surface area contributed by atoms with E-state index in [1.54, 1.807) is 29.2 Å². The standard InChI is InChI=1S/C26H36Cl2N4O5S/c1-3-5-7-9-15-35-20-11-13-21(14-12-20)36-18-25(33)37-24-17-31(16-22(27)28)19-32(24,34)26-30-29-23(38-26)10-8-6-4-2/h4,11-14,22,24H,2-3,5-10,15-19H2,1H3. The van der Waals surface area contributed by atoms with Gasteiger partial charge in [-0.15, -0.1) is 34.9 Å². The molecule has 1 fully saturated rings. The zero-order chi connectivity index (χ0) is 27.4. The molecule has 9 nitrogen and oxygen atoms in total. The Morgan fingerprint density at radius 2 is 1.95 bits per heavy atom. The minimum Gasteiger partial charge on any atom is -0.622 e. The molecule has 2 aromatic rings. The zero-order valence-corrected chi connectivity index (χ0v) is 24.1. The van der Waals surface area contributed by atoms with Crippen LogP contribution in [0.3, 0.4) is 0 Å². The molecule has 0 N–H and O–H groups in total. The molecule has 0 bridgehead atoms. The van der Waals surface area contributed by atoms with E-state index in [1.165, 1.54) is 24.2 Å². The largest absolute Gasteiger partial charge is 0.622 e. The fraction of sp³-hybridized carbons (Fsp3) is 0.577. The first-order valence-electron chi connectivity index (χ1n) is 12.9. The first-order valence-corrected chi connectivity index (χ1v) is 14.6. The maximum atomic E-state index is 13.9. The SMILES string of the molecule is C=CCCCc1nnc([N+]2([O-])CN(CC(Cl)Cl)CC2OC(=O)COc2ccc(OCCCCCC)cc2)s1. The maximum absolute atomic E-state index is 13.9. The van der Waals surface area contributed by atoms with Crippen molar-refractivity contribution in [2.24, 2.45) is 0 Å². The number of halogens is 2. The van der Waals surface area contributed by atoms with Gasteiger partial charge in [-0.05, 0) is 54.9 Å². The molecular formula is C26H36Cl2N4O5S. The average molecular weight is 588 g/mol. The van der Waals surface area contributed by atoms with Crippen LogP contribution in [0.4, 0.5) is 5.13 Å². The number of hydrogen-bond donors (Lipinski definition) is 0. The molecular weight excluding hydrogens is 551 g/mol. The van der Waals surface area contributed by atoms with Crippen LogP contribution in [0.5, 0.6) is 11.5 Å². The molecule has 1 saturated heterocycles. The Bertz CT molecular complexity index is 1010. The number of aromatic nitrogens is 2. The average Bonchev–Trinajstić information content (AvgIpc) is 3.48. The molecule has 0 amide bonds. The molecule has 2 atom stereocenters. The number of hydrogen-bond acceptors (Lipinski definition) is 9. The summed E-state index contributed by atoms with van der Waals surface area (Å²) in [6, 6.07) is 7.06. The van der Waals surface area contributed by atoms with Crippen LogP contribution in [0.15, 0.2) is 36.9 Å². The van der Waals surface area contributed by atoms with Crippen LogP contribution < -0.4 is 14.1 Å². The number of unbranched alkanes of at least 4 members (excludes halogenated alkanes) is 4. The summed E-state index contributed by atoms with van der Waals surface area (Å²) in [7, 11) is 0. The molecule has 1 aliphatic heterocycles. The van der Waals surface area contributed by atoms with Crippen molar-refractivity contribution in [2.75, 3.05) is 33.0 Å². The minimum atomic E-state index is -1.05. The molecule has 1 aromatic carbocycles. The molecule has 2 unspecified atom stereocenters. The van der Waals surface area contributed by atoms with Crippen molar-refractivity contribution in [3.8, 4) is 11.5 Å². The summed E-state index contributed by atoms with van der Waals surface area (Å²) in [4.78, 5) is 13.7. The van der Waals surface area contributed by atoms with Gasteiger partial charge in [-0.1, -0.05) is 37.4 Å². The van der Waals surface area contributed by atoms with Gasteiger partial charge in [0.05, 0.1) is 13.2 Å². The first-order chi connectivity index (χ1) is 18.3. The number of quaternary nitrogens is 1. The van der Waals surface area contributed by atoms with Gasteiger partial charge in [-0.2, -0.15) is 0 Å². The fourth-order valence-corrected chi connectivity index (χ4v) is 5.35. The van der Waals surface area contributed by atoms with Crippen LogP contribution in [0.1, 0.15) is 50.5 Å². The van der Waals surface area contributed by atoms with Gasteiger partial charge in [0.15, 0.2) is 6.61 Å². The zero-order valence-electron chi connectivity index (χ0n) is 21.7. The van der Waals surface area contributed by atoms with Gasteiger partial charge >= 0.3 is 11.1 Å². The van der Waals surface area contributed by atoms with Crippen molar-refractivity contribution in [3.63, 3.8) is 0 Å². The number of alkyl halides is 2. The first kappa shape index (κ1) is 30.6. The smallest absolute Gasteiger partial charge is 0.348 e. The lowest BCUT2D eigenvalue weighted by atomic mass is 10.2. The summed E-state index contributed by atoms with van der Waals surface area (Å²) >= 11 is 13.1. The number of allylic oxidation sites excluding steroid dienone is 1. The Kier molecular flexibility index (Phi) is 12.6. The Balaban J connectivity index is 1.56. The Morgan fingerprint density at radius 1 is 1.21 bits per heavy atom. The van der Waals surface area contributed by atoms with Gasteiger partial charge in [-0.3, -0.25) is 4.65 Å². The van der Waals surface area contributed by atoms with Crippen molar-refractivity contribution in [1.82, 2.24) is 19.7 Å². The highest BCUT2D eigenvalue weighted by atomic mass is 35.5. The highest BCUT2D eigenvalue weighted by molar-refractivity contribution is 7.15. The van der Waals surface area contributed by atoms with Gasteiger partial charge in [0, 0.05) is 13.0 Å². The highest BCUT2D eigenvalue weighted by Crippen LogP contribution is 2.35. The molecule has 0 radical (unpaired) electrons. The Labute approximate surface area is 238 Å². The summed E-state index contributed by atoms with van der Waals surface area (Å²) < 4.78 is 16.0. The number of carbonyl (C=O) groups is 1. The summed E-state index contributed by atoms with van der Waals surface area (Å²) in [6.45, 7) is 6.64. The summed E-state index contributed by atoms with van der Waals surface area (Å²) in [6.07, 6.45) is 7.75. The van der Waals surface area contributed by atoms with Crippen LogP contribution in [0.25, 0.3) is 0 Å². The van der Waals surface area contributed by atoms with Crippen LogP contribution in [0.2, 0.25) is 0 Å². The van der Waals surface area contributed by atoms with Gasteiger partial charge in [-0.25, -0.2) is 9.69 Å². The molecule has 0 spiro atoms. The number of esters is 1. The van der Waals surface area contributed by atoms with Crippen molar-refractivity contribution in [1.29, 1.82) is 0 Å². The van der Waals surface area contributed by atoms with E-state index in [2.05, 4.69) is 23.7 Å². The van der Waals surface area contributed by atoms with E-state index in [0.29, 0.717) is 18.8 Å². The molecule has 210 valence electrons. The number of benzene rings is 1. The van der Waals surface area contributed by atoms with E-state index < -0.39 is 21.7 Å². The lowest BCUT2D eigenvalue weighted by Gasteiger charge is -2.38. The van der Waals surface area contributed by atoms with Gasteiger partial charge < -0.3 is 19.4 Å². The van der Waals surface area contributed by atoms with Crippen LogP contribution in [0, 0.1) is 5.21 Å². The molecule has 3 rings (SSSR count). The summed E-state index contributed by atoms with van der Waals surface area (Å²) in [5.41, 5.74) is 0. The van der Waals surface area contributed by atoms with Gasteiger partial charge in [0.2, 0.25) is 0 Å². The van der Waals surface area contributed by atoms with Crippen LogP contribution in [-0.4, -0.2) is 65.1 Å². The molecule has 1 aromatic heterocycles. The van der Waals surface area contributed by atoms with Crippen molar-refractivity contribution >= 4 is 45.6 Å².